The van der Waals surface area contributed by atoms with Crippen molar-refractivity contribution in [3.05, 3.63) is 29.8 Å². The van der Waals surface area contributed by atoms with Gasteiger partial charge in [-0.15, -0.1) is 0 Å². The molecule has 0 spiro atoms. The van der Waals surface area contributed by atoms with Crippen molar-refractivity contribution in [3.63, 3.8) is 0 Å². The van der Waals surface area contributed by atoms with Crippen LogP contribution in [0.5, 0.6) is 5.75 Å². The van der Waals surface area contributed by atoms with Crippen LogP contribution in [0.4, 0.5) is 0 Å². The second-order valence-electron chi connectivity index (χ2n) is 4.80. The maximum atomic E-state index is 11.2. The second-order valence-corrected chi connectivity index (χ2v) is 4.80. The monoisotopic (exact) mass is 276 g/mol. The highest BCUT2D eigenvalue weighted by molar-refractivity contribution is 5.78. The summed E-state index contributed by atoms with van der Waals surface area (Å²) in [4.78, 5) is 11.2. The standard InChI is InChI=1S/C15H20N2O3/c1-3-8-15(2,14(18)19)17-9-10-20-13-6-4-12(11-16)5-7-13/h4-7,17H,3,8-10H2,1-2H3,(H,18,19). The summed E-state index contributed by atoms with van der Waals surface area (Å²) in [7, 11) is 0. The van der Waals surface area contributed by atoms with Crippen molar-refractivity contribution >= 4 is 5.97 Å². The Hall–Kier alpha value is -2.06. The van der Waals surface area contributed by atoms with Crippen LogP contribution in [0, 0.1) is 11.3 Å². The van der Waals surface area contributed by atoms with Gasteiger partial charge in [-0.05, 0) is 37.6 Å². The number of carbonyl (C=O) groups is 1. The zero-order chi connectivity index (χ0) is 15.0. The maximum Gasteiger partial charge on any atom is 0.323 e. The fraction of sp³-hybridized carbons (Fsp3) is 0.467. The van der Waals surface area contributed by atoms with E-state index in [2.05, 4.69) is 5.32 Å². The van der Waals surface area contributed by atoms with Gasteiger partial charge in [0.2, 0.25) is 0 Å². The minimum atomic E-state index is -0.914. The Morgan fingerprint density at radius 2 is 2.10 bits per heavy atom. The Morgan fingerprint density at radius 3 is 2.60 bits per heavy atom. The van der Waals surface area contributed by atoms with E-state index in [0.29, 0.717) is 30.9 Å². The molecular weight excluding hydrogens is 256 g/mol. The minimum Gasteiger partial charge on any atom is -0.492 e. The van der Waals surface area contributed by atoms with Gasteiger partial charge in [-0.25, -0.2) is 0 Å². The lowest BCUT2D eigenvalue weighted by Crippen LogP contribution is -2.50. The van der Waals surface area contributed by atoms with Crippen LogP contribution < -0.4 is 10.1 Å². The summed E-state index contributed by atoms with van der Waals surface area (Å²) < 4.78 is 5.49. The molecule has 0 radical (unpaired) electrons. The summed E-state index contributed by atoms with van der Waals surface area (Å²) >= 11 is 0. The molecule has 20 heavy (non-hydrogen) atoms. The molecule has 0 aromatic heterocycles. The third-order valence-electron chi connectivity index (χ3n) is 3.09. The van der Waals surface area contributed by atoms with E-state index in [9.17, 15) is 9.90 Å². The molecule has 0 fully saturated rings. The number of hydrogen-bond acceptors (Lipinski definition) is 4. The van der Waals surface area contributed by atoms with Gasteiger partial charge in [0.25, 0.3) is 0 Å². The number of nitriles is 1. The van der Waals surface area contributed by atoms with Crippen molar-refractivity contribution in [2.24, 2.45) is 0 Å². The van der Waals surface area contributed by atoms with Crippen molar-refractivity contribution in [2.45, 2.75) is 32.2 Å². The number of nitrogens with one attached hydrogen (secondary N) is 1. The first-order valence-electron chi connectivity index (χ1n) is 6.63. The number of aliphatic carboxylic acids is 1. The normalized spacial score (nSPS) is 13.2. The molecule has 0 bridgehead atoms. The van der Waals surface area contributed by atoms with Crippen LogP contribution in [0.15, 0.2) is 24.3 Å². The van der Waals surface area contributed by atoms with E-state index in [1.165, 1.54) is 0 Å². The van der Waals surface area contributed by atoms with Crippen LogP contribution in [-0.2, 0) is 4.79 Å². The van der Waals surface area contributed by atoms with Gasteiger partial charge in [-0.2, -0.15) is 5.26 Å². The third-order valence-corrected chi connectivity index (χ3v) is 3.09. The predicted molar refractivity (Wildman–Crippen MR) is 75.6 cm³/mol. The van der Waals surface area contributed by atoms with E-state index in [1.807, 2.05) is 13.0 Å². The van der Waals surface area contributed by atoms with Gasteiger partial charge in [-0.3, -0.25) is 10.1 Å². The molecule has 0 saturated carbocycles. The van der Waals surface area contributed by atoms with Crippen LogP contribution in [-0.4, -0.2) is 29.8 Å². The highest BCUT2D eigenvalue weighted by atomic mass is 16.5. The number of hydrogen-bond donors (Lipinski definition) is 2. The minimum absolute atomic E-state index is 0.373. The van der Waals surface area contributed by atoms with Gasteiger partial charge in [0.15, 0.2) is 0 Å². The largest absolute Gasteiger partial charge is 0.492 e. The molecule has 1 atom stereocenters. The number of carboxylic acid groups (broad SMARTS) is 1. The van der Waals surface area contributed by atoms with Crippen LogP contribution in [0.1, 0.15) is 32.3 Å². The number of carboxylic acids is 1. The van der Waals surface area contributed by atoms with Crippen molar-refractivity contribution in [1.29, 1.82) is 5.26 Å². The summed E-state index contributed by atoms with van der Waals surface area (Å²) in [6.45, 7) is 4.46. The Bertz CT molecular complexity index is 479. The maximum absolute atomic E-state index is 11.2. The molecular formula is C15H20N2O3. The molecule has 5 nitrogen and oxygen atoms in total. The quantitative estimate of drug-likeness (QED) is 0.711. The highest BCUT2D eigenvalue weighted by Gasteiger charge is 2.30. The zero-order valence-electron chi connectivity index (χ0n) is 11.8. The van der Waals surface area contributed by atoms with Gasteiger partial charge >= 0.3 is 5.97 Å². The average molecular weight is 276 g/mol. The Kier molecular flexibility index (Phi) is 6.01. The summed E-state index contributed by atoms with van der Waals surface area (Å²) in [6.07, 6.45) is 1.37. The van der Waals surface area contributed by atoms with E-state index < -0.39 is 11.5 Å². The molecule has 5 heteroatoms. The molecule has 0 aliphatic carbocycles. The third kappa shape index (κ3) is 4.56. The van der Waals surface area contributed by atoms with Crippen LogP contribution in [0.2, 0.25) is 0 Å². The van der Waals surface area contributed by atoms with Crippen LogP contribution in [0.25, 0.3) is 0 Å². The molecule has 0 saturated heterocycles. The highest BCUT2D eigenvalue weighted by Crippen LogP contribution is 2.13. The molecule has 1 rings (SSSR count). The van der Waals surface area contributed by atoms with Gasteiger partial charge in [0, 0.05) is 6.54 Å². The second kappa shape index (κ2) is 7.51. The Morgan fingerprint density at radius 1 is 1.45 bits per heavy atom. The first-order chi connectivity index (χ1) is 9.51. The molecule has 0 aliphatic heterocycles. The molecule has 2 N–H and O–H groups in total. The number of nitrogens with zero attached hydrogens (tertiary/aromatic N) is 1. The summed E-state index contributed by atoms with van der Waals surface area (Å²) in [5.41, 5.74) is -0.333. The van der Waals surface area contributed by atoms with Crippen molar-refractivity contribution < 1.29 is 14.6 Å². The van der Waals surface area contributed by atoms with E-state index in [1.54, 1.807) is 31.2 Å². The predicted octanol–water partition coefficient (Wildman–Crippen LogP) is 2.17. The molecule has 108 valence electrons. The summed E-state index contributed by atoms with van der Waals surface area (Å²) in [6, 6.07) is 8.84. The van der Waals surface area contributed by atoms with Crippen molar-refractivity contribution in [2.75, 3.05) is 13.2 Å². The van der Waals surface area contributed by atoms with Crippen molar-refractivity contribution in [3.8, 4) is 11.8 Å². The van der Waals surface area contributed by atoms with Gasteiger partial charge < -0.3 is 9.84 Å². The molecule has 0 heterocycles. The lowest BCUT2D eigenvalue weighted by Gasteiger charge is -2.25. The molecule has 1 unspecified atom stereocenters. The van der Waals surface area contributed by atoms with E-state index in [-0.39, 0.29) is 0 Å². The fourth-order valence-corrected chi connectivity index (χ4v) is 1.89. The number of ether oxygens (including phenoxy) is 1. The van der Waals surface area contributed by atoms with Gasteiger partial charge in [0.05, 0.1) is 11.6 Å². The van der Waals surface area contributed by atoms with Crippen LogP contribution in [0.3, 0.4) is 0 Å². The van der Waals surface area contributed by atoms with Crippen LogP contribution >= 0.6 is 0 Å². The lowest BCUT2D eigenvalue weighted by molar-refractivity contribution is -0.144. The molecule has 0 aliphatic rings. The first kappa shape index (κ1) is 16.0. The summed E-state index contributed by atoms with van der Waals surface area (Å²) in [5.74, 6) is -0.184. The average Bonchev–Trinajstić information content (AvgIpc) is 2.44. The number of rotatable bonds is 8. The fourth-order valence-electron chi connectivity index (χ4n) is 1.89. The SMILES string of the molecule is CCCC(C)(NCCOc1ccc(C#N)cc1)C(=O)O. The summed E-state index contributed by atoms with van der Waals surface area (Å²) in [5, 5.41) is 20.9. The van der Waals surface area contributed by atoms with Crippen molar-refractivity contribution in [1.82, 2.24) is 5.32 Å². The first-order valence-corrected chi connectivity index (χ1v) is 6.63. The smallest absolute Gasteiger partial charge is 0.323 e. The van der Waals surface area contributed by atoms with E-state index in [0.717, 1.165) is 6.42 Å². The zero-order valence-corrected chi connectivity index (χ0v) is 11.8. The lowest BCUT2D eigenvalue weighted by atomic mass is 9.96. The van der Waals surface area contributed by atoms with E-state index >= 15 is 0 Å². The molecule has 1 aromatic carbocycles. The van der Waals surface area contributed by atoms with Gasteiger partial charge in [-0.1, -0.05) is 13.3 Å². The Balaban J connectivity index is 2.40. The molecule has 1 aromatic rings. The topological polar surface area (TPSA) is 82.3 Å². The Labute approximate surface area is 119 Å². The van der Waals surface area contributed by atoms with Gasteiger partial charge in [0.1, 0.15) is 17.9 Å². The molecule has 0 amide bonds. The number of benzene rings is 1. The van der Waals surface area contributed by atoms with E-state index in [4.69, 9.17) is 10.00 Å².